The molecule has 1 aliphatic heterocycles. The standard InChI is InChI=1S/C18H36N4O2/c1-8-18(5,6)13-21(14-19)11-15-12-22(10-9-20(15)7)16(23)24-17(2,3)4/h14-15,19H,8-13H2,1-7H3. The molecule has 0 aromatic heterocycles. The highest BCUT2D eigenvalue weighted by Crippen LogP contribution is 2.21. The number of carbonyl (C=O) groups is 1. The molecular formula is C18H36N4O2. The largest absolute Gasteiger partial charge is 0.444 e. The summed E-state index contributed by atoms with van der Waals surface area (Å²) in [5.41, 5.74) is -0.294. The third-order valence-corrected chi connectivity index (χ3v) is 4.64. The molecule has 24 heavy (non-hydrogen) atoms. The van der Waals surface area contributed by atoms with Gasteiger partial charge in [-0.25, -0.2) is 4.79 Å². The Kier molecular flexibility index (Phi) is 7.08. The molecule has 1 rings (SSSR count). The van der Waals surface area contributed by atoms with Gasteiger partial charge in [0, 0.05) is 38.8 Å². The highest BCUT2D eigenvalue weighted by molar-refractivity contribution is 5.68. The third-order valence-electron chi connectivity index (χ3n) is 4.64. The van der Waals surface area contributed by atoms with Gasteiger partial charge in [-0.1, -0.05) is 20.8 Å². The van der Waals surface area contributed by atoms with Crippen LogP contribution in [0.1, 0.15) is 48.0 Å². The average molecular weight is 341 g/mol. The Hall–Kier alpha value is -1.30. The van der Waals surface area contributed by atoms with E-state index in [9.17, 15) is 4.79 Å². The lowest BCUT2D eigenvalue weighted by molar-refractivity contribution is 0.00505. The van der Waals surface area contributed by atoms with Crippen LogP contribution < -0.4 is 0 Å². The molecule has 1 amide bonds. The maximum atomic E-state index is 12.3. The van der Waals surface area contributed by atoms with Crippen molar-refractivity contribution in [2.75, 3.05) is 39.8 Å². The summed E-state index contributed by atoms with van der Waals surface area (Å²) in [6, 6.07) is 0.209. The first-order valence-electron chi connectivity index (χ1n) is 8.90. The Balaban J connectivity index is 2.68. The second-order valence-electron chi connectivity index (χ2n) is 8.64. The van der Waals surface area contributed by atoms with Crippen molar-refractivity contribution >= 4 is 12.4 Å². The quantitative estimate of drug-likeness (QED) is 0.597. The van der Waals surface area contributed by atoms with Crippen molar-refractivity contribution < 1.29 is 9.53 Å². The Bertz CT molecular complexity index is 431. The monoisotopic (exact) mass is 340 g/mol. The van der Waals surface area contributed by atoms with Crippen molar-refractivity contribution in [3.8, 4) is 0 Å². The molecule has 0 aromatic carbocycles. The minimum Gasteiger partial charge on any atom is -0.444 e. The Morgan fingerprint density at radius 1 is 1.29 bits per heavy atom. The number of rotatable bonds is 6. The summed E-state index contributed by atoms with van der Waals surface area (Å²) >= 11 is 0. The maximum Gasteiger partial charge on any atom is 0.410 e. The van der Waals surface area contributed by atoms with Gasteiger partial charge in [0.1, 0.15) is 5.60 Å². The Morgan fingerprint density at radius 2 is 1.92 bits per heavy atom. The number of carbonyl (C=O) groups excluding carboxylic acids is 1. The van der Waals surface area contributed by atoms with E-state index in [0.717, 1.165) is 26.1 Å². The molecule has 0 spiro atoms. The first kappa shape index (κ1) is 20.7. The van der Waals surface area contributed by atoms with E-state index >= 15 is 0 Å². The summed E-state index contributed by atoms with van der Waals surface area (Å²) in [6.07, 6.45) is 2.26. The summed E-state index contributed by atoms with van der Waals surface area (Å²) in [4.78, 5) is 18.5. The van der Waals surface area contributed by atoms with Gasteiger partial charge in [0.05, 0.1) is 6.34 Å². The topological polar surface area (TPSA) is 59.9 Å². The molecule has 6 nitrogen and oxygen atoms in total. The zero-order valence-electron chi connectivity index (χ0n) is 16.6. The summed E-state index contributed by atoms with van der Waals surface area (Å²) in [7, 11) is 2.09. The Labute approximate surface area is 147 Å². The molecule has 1 unspecified atom stereocenters. The molecule has 0 bridgehead atoms. The van der Waals surface area contributed by atoms with Crippen molar-refractivity contribution in [3.63, 3.8) is 0 Å². The molecule has 1 fully saturated rings. The van der Waals surface area contributed by atoms with Crippen LogP contribution in [0.4, 0.5) is 4.79 Å². The van der Waals surface area contributed by atoms with Gasteiger partial charge >= 0.3 is 6.09 Å². The van der Waals surface area contributed by atoms with Crippen molar-refractivity contribution in [1.82, 2.24) is 14.7 Å². The summed E-state index contributed by atoms with van der Waals surface area (Å²) < 4.78 is 5.50. The van der Waals surface area contributed by atoms with Crippen molar-refractivity contribution in [2.45, 2.75) is 59.6 Å². The molecule has 1 N–H and O–H groups in total. The molecule has 1 atom stereocenters. The van der Waals surface area contributed by atoms with Crippen molar-refractivity contribution in [1.29, 1.82) is 5.41 Å². The van der Waals surface area contributed by atoms with E-state index in [-0.39, 0.29) is 17.6 Å². The number of piperazine rings is 1. The van der Waals surface area contributed by atoms with Crippen LogP contribution in [-0.2, 0) is 4.74 Å². The van der Waals surface area contributed by atoms with Crippen molar-refractivity contribution in [3.05, 3.63) is 0 Å². The van der Waals surface area contributed by atoms with Crippen LogP contribution in [0.5, 0.6) is 0 Å². The van der Waals surface area contributed by atoms with E-state index in [4.69, 9.17) is 10.1 Å². The first-order valence-corrected chi connectivity index (χ1v) is 8.90. The van der Waals surface area contributed by atoms with Gasteiger partial charge in [0.25, 0.3) is 0 Å². The zero-order valence-corrected chi connectivity index (χ0v) is 16.6. The van der Waals surface area contributed by atoms with Gasteiger partial charge < -0.3 is 14.5 Å². The van der Waals surface area contributed by atoms with E-state index in [1.807, 2.05) is 20.8 Å². The molecule has 0 radical (unpaired) electrons. The SMILES string of the molecule is CCC(C)(C)CN(C=N)CC1CN(C(=O)OC(C)(C)C)CCN1C. The smallest absolute Gasteiger partial charge is 0.410 e. The summed E-state index contributed by atoms with van der Waals surface area (Å²) in [5, 5.41) is 7.73. The van der Waals surface area contributed by atoms with E-state index in [0.29, 0.717) is 13.1 Å². The first-order chi connectivity index (χ1) is 11.0. The molecule has 0 aliphatic carbocycles. The van der Waals surface area contributed by atoms with E-state index in [1.165, 1.54) is 6.34 Å². The number of likely N-dealkylation sites (N-methyl/N-ethyl adjacent to an activating group) is 1. The summed E-state index contributed by atoms with van der Waals surface area (Å²) in [5.74, 6) is 0. The molecule has 0 saturated carbocycles. The lowest BCUT2D eigenvalue weighted by atomic mass is 9.89. The van der Waals surface area contributed by atoms with Gasteiger partial charge in [0.15, 0.2) is 0 Å². The number of nitrogens with one attached hydrogen (secondary N) is 1. The van der Waals surface area contributed by atoms with Crippen LogP contribution in [-0.4, -0.2) is 78.5 Å². The second-order valence-corrected chi connectivity index (χ2v) is 8.64. The number of hydrogen-bond donors (Lipinski definition) is 1. The van der Waals surface area contributed by atoms with E-state index in [1.54, 1.807) is 4.90 Å². The lowest BCUT2D eigenvalue weighted by Gasteiger charge is -2.42. The molecule has 1 saturated heterocycles. The molecule has 140 valence electrons. The van der Waals surface area contributed by atoms with Gasteiger partial charge in [-0.3, -0.25) is 10.3 Å². The zero-order chi connectivity index (χ0) is 18.5. The molecule has 0 aromatic rings. The van der Waals surface area contributed by atoms with Gasteiger partial charge in [-0.15, -0.1) is 0 Å². The Morgan fingerprint density at radius 3 is 2.42 bits per heavy atom. The van der Waals surface area contributed by atoms with Gasteiger partial charge in [0.2, 0.25) is 0 Å². The fourth-order valence-corrected chi connectivity index (χ4v) is 2.73. The van der Waals surface area contributed by atoms with Crippen LogP contribution in [0.2, 0.25) is 0 Å². The fourth-order valence-electron chi connectivity index (χ4n) is 2.73. The van der Waals surface area contributed by atoms with Crippen LogP contribution in [0.25, 0.3) is 0 Å². The fraction of sp³-hybridized carbons (Fsp3) is 0.889. The number of amides is 1. The number of ether oxygens (including phenoxy) is 1. The normalized spacial score (nSPS) is 20.0. The lowest BCUT2D eigenvalue weighted by Crippen LogP contribution is -2.57. The minimum atomic E-state index is -0.470. The third kappa shape index (κ3) is 6.67. The van der Waals surface area contributed by atoms with Crippen LogP contribution in [0.15, 0.2) is 0 Å². The van der Waals surface area contributed by atoms with E-state index in [2.05, 4.69) is 37.6 Å². The second kappa shape index (κ2) is 8.19. The molecule has 1 aliphatic rings. The van der Waals surface area contributed by atoms with Gasteiger partial charge in [-0.05, 0) is 39.7 Å². The van der Waals surface area contributed by atoms with Crippen LogP contribution in [0.3, 0.4) is 0 Å². The maximum absolute atomic E-state index is 12.3. The molecule has 1 heterocycles. The van der Waals surface area contributed by atoms with Crippen LogP contribution >= 0.6 is 0 Å². The highest BCUT2D eigenvalue weighted by atomic mass is 16.6. The number of nitrogens with zero attached hydrogens (tertiary/aromatic N) is 3. The van der Waals surface area contributed by atoms with Crippen molar-refractivity contribution in [2.24, 2.45) is 5.41 Å². The predicted octanol–water partition coefficient (Wildman–Crippen LogP) is 2.88. The van der Waals surface area contributed by atoms with Crippen LogP contribution in [0, 0.1) is 10.8 Å². The minimum absolute atomic E-state index is 0.176. The average Bonchev–Trinajstić information content (AvgIpc) is 2.46. The van der Waals surface area contributed by atoms with E-state index < -0.39 is 5.60 Å². The summed E-state index contributed by atoms with van der Waals surface area (Å²) in [6.45, 7) is 16.1. The predicted molar refractivity (Wildman–Crippen MR) is 98.7 cm³/mol. The molecule has 6 heteroatoms. The molecular weight excluding hydrogens is 304 g/mol. The highest BCUT2D eigenvalue weighted by Gasteiger charge is 2.31. The number of hydrogen-bond acceptors (Lipinski definition) is 4. The van der Waals surface area contributed by atoms with Gasteiger partial charge in [-0.2, -0.15) is 0 Å².